The molecule has 192 valence electrons. The highest BCUT2D eigenvalue weighted by Crippen LogP contribution is 2.46. The van der Waals surface area contributed by atoms with Gasteiger partial charge in [0.15, 0.2) is 15.0 Å². The van der Waals surface area contributed by atoms with Crippen molar-refractivity contribution in [1.29, 1.82) is 0 Å². The van der Waals surface area contributed by atoms with Crippen LogP contribution in [-0.2, 0) is 27.6 Å². The number of benzene rings is 2. The van der Waals surface area contributed by atoms with Gasteiger partial charge in [0, 0.05) is 28.0 Å². The molecule has 1 aliphatic rings. The molecule has 3 aromatic rings. The first-order chi connectivity index (χ1) is 17.0. The van der Waals surface area contributed by atoms with E-state index in [0.717, 1.165) is 16.1 Å². The van der Waals surface area contributed by atoms with Gasteiger partial charge in [-0.05, 0) is 42.7 Å². The quantitative estimate of drug-likeness (QED) is 0.363. The highest BCUT2D eigenvalue weighted by atomic mass is 35.5. The Balaban J connectivity index is 1.46. The van der Waals surface area contributed by atoms with Crippen molar-refractivity contribution in [3.63, 3.8) is 0 Å². The van der Waals surface area contributed by atoms with Gasteiger partial charge < -0.3 is 5.32 Å². The van der Waals surface area contributed by atoms with Crippen LogP contribution in [0.4, 0.5) is 9.52 Å². The highest BCUT2D eigenvalue weighted by Gasteiger charge is 2.39. The molecule has 1 amide bonds. The fourth-order valence-electron chi connectivity index (χ4n) is 4.61. The summed E-state index contributed by atoms with van der Waals surface area (Å²) in [5.41, 5.74) is 2.23. The summed E-state index contributed by atoms with van der Waals surface area (Å²) in [5, 5.41) is 3.79. The second-order valence-corrected chi connectivity index (χ2v) is 13.1. The summed E-state index contributed by atoms with van der Waals surface area (Å²) in [6.07, 6.45) is 0.114. The van der Waals surface area contributed by atoms with Crippen LogP contribution in [0.1, 0.15) is 61.5 Å². The maximum Gasteiger partial charge on any atom is 0.230 e. The van der Waals surface area contributed by atoms with Crippen LogP contribution in [0.25, 0.3) is 0 Å². The molecule has 1 aromatic heterocycles. The van der Waals surface area contributed by atoms with Crippen LogP contribution in [-0.4, -0.2) is 30.0 Å². The molecule has 1 aliphatic heterocycles. The molecule has 1 N–H and O–H groups in total. The number of thiazole rings is 1. The van der Waals surface area contributed by atoms with Gasteiger partial charge in [-0.2, -0.15) is 0 Å². The van der Waals surface area contributed by atoms with Crippen LogP contribution in [0.15, 0.2) is 47.4 Å². The van der Waals surface area contributed by atoms with Gasteiger partial charge in [0.1, 0.15) is 5.82 Å². The lowest BCUT2D eigenvalue weighted by molar-refractivity contribution is -0.115. The van der Waals surface area contributed by atoms with E-state index in [-0.39, 0.29) is 46.8 Å². The first-order valence-electron chi connectivity index (χ1n) is 11.8. The van der Waals surface area contributed by atoms with E-state index in [0.29, 0.717) is 22.3 Å². The Labute approximate surface area is 220 Å². The Morgan fingerprint density at radius 3 is 2.53 bits per heavy atom. The zero-order chi connectivity index (χ0) is 26.2. The molecule has 0 spiro atoms. The third-order valence-electron chi connectivity index (χ3n) is 6.51. The van der Waals surface area contributed by atoms with Crippen molar-refractivity contribution in [1.82, 2.24) is 9.88 Å². The summed E-state index contributed by atoms with van der Waals surface area (Å²) in [6, 6.07) is 11.0. The zero-order valence-corrected chi connectivity index (χ0v) is 23.0. The molecule has 0 saturated heterocycles. The Bertz CT molecular complexity index is 1370. The number of halogens is 2. The molecular weight excluding hydrogens is 521 g/mol. The topological polar surface area (TPSA) is 79.4 Å². The van der Waals surface area contributed by atoms with Gasteiger partial charge in [-0.1, -0.05) is 50.6 Å². The maximum absolute atomic E-state index is 14.6. The number of anilines is 1. The van der Waals surface area contributed by atoms with E-state index in [9.17, 15) is 17.6 Å². The minimum atomic E-state index is -3.28. The Hall–Kier alpha value is -2.33. The number of nitrogens with zero attached hydrogens (tertiary/aromatic N) is 2. The fourth-order valence-corrected chi connectivity index (χ4v) is 6.68. The van der Waals surface area contributed by atoms with Gasteiger partial charge in [0.25, 0.3) is 0 Å². The number of hydrogen-bond acceptors (Lipinski definition) is 6. The molecule has 0 bridgehead atoms. The molecule has 6 nitrogen and oxygen atoms in total. The van der Waals surface area contributed by atoms with Crippen molar-refractivity contribution in [2.75, 3.05) is 11.1 Å². The molecule has 0 radical (unpaired) electrons. The number of rotatable bonds is 8. The van der Waals surface area contributed by atoms with Gasteiger partial charge in [-0.3, -0.25) is 9.69 Å². The number of sulfone groups is 1. The number of carbonyl (C=O) groups is 1. The van der Waals surface area contributed by atoms with Crippen molar-refractivity contribution in [2.45, 2.75) is 57.6 Å². The van der Waals surface area contributed by atoms with E-state index in [1.54, 1.807) is 31.2 Å². The molecular formula is C26H29ClFN3O3S2. The van der Waals surface area contributed by atoms with Gasteiger partial charge in [0.2, 0.25) is 5.91 Å². The maximum atomic E-state index is 14.6. The van der Waals surface area contributed by atoms with Crippen molar-refractivity contribution in [3.8, 4) is 0 Å². The summed E-state index contributed by atoms with van der Waals surface area (Å²) in [6.45, 7) is 8.41. The predicted octanol–water partition coefficient (Wildman–Crippen LogP) is 6.18. The van der Waals surface area contributed by atoms with E-state index in [4.69, 9.17) is 16.6 Å². The standard InChI is InChI=1S/C26H29ClFN3O3S2/c1-5-36(33,34)19-9-6-17(7-10-19)12-23(32)29-26-30-24-22(35-26)14-31(25(24)15(2)3)16(4)20-11-8-18(27)13-21(20)28/h6-11,13,15-16,25H,5,12,14H2,1-4H3,(H,29,30,32)/t16-,25+/m1/s1. The number of hydrogen-bond donors (Lipinski definition) is 1. The van der Waals surface area contributed by atoms with Crippen molar-refractivity contribution < 1.29 is 17.6 Å². The molecule has 0 unspecified atom stereocenters. The van der Waals surface area contributed by atoms with E-state index in [1.807, 2.05) is 6.92 Å². The number of nitrogens with one attached hydrogen (secondary N) is 1. The minimum absolute atomic E-state index is 0.0139. The molecule has 10 heteroatoms. The smallest absolute Gasteiger partial charge is 0.230 e. The third-order valence-corrected chi connectivity index (χ3v) is 9.46. The average molecular weight is 550 g/mol. The van der Waals surface area contributed by atoms with Crippen LogP contribution in [0.5, 0.6) is 0 Å². The molecule has 4 rings (SSSR count). The fraction of sp³-hybridized carbons (Fsp3) is 0.385. The molecule has 2 heterocycles. The van der Waals surface area contributed by atoms with Crippen LogP contribution in [0, 0.1) is 11.7 Å². The average Bonchev–Trinajstić information content (AvgIpc) is 3.36. The molecule has 36 heavy (non-hydrogen) atoms. The second-order valence-electron chi connectivity index (χ2n) is 9.30. The van der Waals surface area contributed by atoms with Gasteiger partial charge >= 0.3 is 0 Å². The van der Waals surface area contributed by atoms with Crippen molar-refractivity contribution >= 4 is 43.8 Å². The Morgan fingerprint density at radius 1 is 1.22 bits per heavy atom. The summed E-state index contributed by atoms with van der Waals surface area (Å²) < 4.78 is 38.6. The van der Waals surface area contributed by atoms with Crippen molar-refractivity contribution in [2.24, 2.45) is 5.92 Å². The van der Waals surface area contributed by atoms with Crippen LogP contribution >= 0.6 is 22.9 Å². The lowest BCUT2D eigenvalue weighted by Crippen LogP contribution is -2.29. The SMILES string of the molecule is CCS(=O)(=O)c1ccc(CC(=O)Nc2nc3c(s2)CN([C@H](C)c2ccc(Cl)cc2F)[C@H]3C(C)C)cc1. The van der Waals surface area contributed by atoms with E-state index in [1.165, 1.54) is 29.5 Å². The number of aromatic nitrogens is 1. The van der Waals surface area contributed by atoms with Crippen LogP contribution in [0.2, 0.25) is 5.02 Å². The summed E-state index contributed by atoms with van der Waals surface area (Å²) in [4.78, 5) is 21.0. The first-order valence-corrected chi connectivity index (χ1v) is 14.7. The van der Waals surface area contributed by atoms with Crippen molar-refractivity contribution in [3.05, 3.63) is 75.0 Å². The van der Waals surface area contributed by atoms with Crippen LogP contribution in [0.3, 0.4) is 0 Å². The molecule has 0 saturated carbocycles. The monoisotopic (exact) mass is 549 g/mol. The lowest BCUT2D eigenvalue weighted by Gasteiger charge is -2.33. The number of carbonyl (C=O) groups excluding carboxylic acids is 1. The Morgan fingerprint density at radius 2 is 1.92 bits per heavy atom. The lowest BCUT2D eigenvalue weighted by atomic mass is 9.98. The van der Waals surface area contributed by atoms with Gasteiger partial charge in [0.05, 0.1) is 28.8 Å². The molecule has 0 fully saturated rings. The summed E-state index contributed by atoms with van der Waals surface area (Å²) in [5.74, 6) is -0.284. The zero-order valence-electron chi connectivity index (χ0n) is 20.6. The van der Waals surface area contributed by atoms with Gasteiger partial charge in [-0.15, -0.1) is 11.3 Å². The van der Waals surface area contributed by atoms with Gasteiger partial charge in [-0.25, -0.2) is 17.8 Å². The Kier molecular flexibility index (Phi) is 7.85. The summed E-state index contributed by atoms with van der Waals surface area (Å²) >= 11 is 7.37. The van der Waals surface area contributed by atoms with E-state index >= 15 is 0 Å². The predicted molar refractivity (Wildman–Crippen MR) is 142 cm³/mol. The van der Waals surface area contributed by atoms with E-state index < -0.39 is 9.84 Å². The number of fused-ring (bicyclic) bond motifs is 1. The molecule has 2 aromatic carbocycles. The largest absolute Gasteiger partial charge is 0.302 e. The highest BCUT2D eigenvalue weighted by molar-refractivity contribution is 7.91. The number of amides is 1. The summed E-state index contributed by atoms with van der Waals surface area (Å²) in [7, 11) is -3.28. The van der Waals surface area contributed by atoms with Crippen LogP contribution < -0.4 is 5.32 Å². The minimum Gasteiger partial charge on any atom is -0.302 e. The second kappa shape index (κ2) is 10.6. The third kappa shape index (κ3) is 5.49. The molecule has 0 aliphatic carbocycles. The first kappa shape index (κ1) is 26.7. The molecule has 2 atom stereocenters. The normalized spacial score (nSPS) is 16.8. The van der Waals surface area contributed by atoms with E-state index in [2.05, 4.69) is 24.1 Å².